The van der Waals surface area contributed by atoms with E-state index in [4.69, 9.17) is 14.2 Å². The van der Waals surface area contributed by atoms with Gasteiger partial charge in [0.15, 0.2) is 16.9 Å². The zero-order valence-corrected chi connectivity index (χ0v) is 14.1. The molecule has 1 N–H and O–H groups in total. The third-order valence-corrected chi connectivity index (χ3v) is 3.89. The van der Waals surface area contributed by atoms with Gasteiger partial charge in [0.1, 0.15) is 5.60 Å². The van der Waals surface area contributed by atoms with Gasteiger partial charge in [-0.3, -0.25) is 9.59 Å². The van der Waals surface area contributed by atoms with Crippen LogP contribution in [-0.2, 0) is 27.2 Å². The summed E-state index contributed by atoms with van der Waals surface area (Å²) in [7, 11) is 3.02. The van der Waals surface area contributed by atoms with Crippen LogP contribution in [0.2, 0.25) is 0 Å². The van der Waals surface area contributed by atoms with Crippen LogP contribution < -0.4 is 9.47 Å². The van der Waals surface area contributed by atoms with Gasteiger partial charge in [-0.25, -0.2) is 0 Å². The van der Waals surface area contributed by atoms with Crippen LogP contribution in [0.25, 0.3) is 0 Å². The molecule has 6 heteroatoms. The molecular formula is C17H22O6. The van der Waals surface area contributed by atoms with E-state index in [1.54, 1.807) is 32.9 Å². The quantitative estimate of drug-likeness (QED) is 0.676. The van der Waals surface area contributed by atoms with Crippen LogP contribution in [0.3, 0.4) is 0 Å². The molecule has 1 aromatic rings. The van der Waals surface area contributed by atoms with Crippen LogP contribution in [-0.4, -0.2) is 36.9 Å². The predicted molar refractivity (Wildman–Crippen MR) is 82.9 cm³/mol. The Kier molecular flexibility index (Phi) is 4.28. The second kappa shape index (κ2) is 5.76. The third-order valence-electron chi connectivity index (χ3n) is 3.89. The highest BCUT2D eigenvalue weighted by Gasteiger charge is 2.53. The van der Waals surface area contributed by atoms with Crippen molar-refractivity contribution in [2.75, 3.05) is 14.2 Å². The molecule has 1 aromatic carbocycles. The Morgan fingerprint density at radius 3 is 1.78 bits per heavy atom. The van der Waals surface area contributed by atoms with Gasteiger partial charge < -0.3 is 19.3 Å². The van der Waals surface area contributed by atoms with Crippen molar-refractivity contribution < 1.29 is 28.9 Å². The number of fused-ring (bicyclic) bond motifs is 1. The lowest BCUT2D eigenvalue weighted by Gasteiger charge is -2.27. The van der Waals surface area contributed by atoms with Crippen LogP contribution in [0.15, 0.2) is 12.1 Å². The third kappa shape index (κ3) is 3.11. The average Bonchev–Trinajstić information content (AvgIpc) is 2.83. The molecule has 1 aliphatic carbocycles. The Labute approximate surface area is 135 Å². The maximum absolute atomic E-state index is 12.5. The number of ether oxygens (including phenoxy) is 3. The first-order valence-electron chi connectivity index (χ1n) is 7.33. The van der Waals surface area contributed by atoms with E-state index in [2.05, 4.69) is 0 Å². The highest BCUT2D eigenvalue weighted by Crippen LogP contribution is 2.43. The SMILES string of the molecule is COc1cc2c(cc1OC)CC(C(=O)O)(C(=O)OC(C)(C)C)C2. The standard InChI is InChI=1S/C17H22O6/c1-16(2,3)23-15(20)17(14(18)19)8-10-6-12(21-4)13(22-5)7-11(10)9-17/h6-7H,8-9H2,1-5H3,(H,18,19). The molecular weight excluding hydrogens is 300 g/mol. The predicted octanol–water partition coefficient (Wildman–Crippen LogP) is 2.22. The van der Waals surface area contributed by atoms with Gasteiger partial charge >= 0.3 is 11.9 Å². The van der Waals surface area contributed by atoms with Gasteiger partial charge in [-0.2, -0.15) is 0 Å². The molecule has 0 spiro atoms. The van der Waals surface area contributed by atoms with E-state index in [0.717, 1.165) is 11.1 Å². The summed E-state index contributed by atoms with van der Waals surface area (Å²) in [6.07, 6.45) is 0.153. The fourth-order valence-corrected chi connectivity index (χ4v) is 2.76. The molecule has 0 fully saturated rings. The summed E-state index contributed by atoms with van der Waals surface area (Å²) >= 11 is 0. The Balaban J connectivity index is 2.42. The van der Waals surface area contributed by atoms with Gasteiger partial charge in [0.25, 0.3) is 0 Å². The number of rotatable bonds is 4. The molecule has 0 aliphatic heterocycles. The number of aliphatic carboxylic acids is 1. The number of carbonyl (C=O) groups is 2. The van der Waals surface area contributed by atoms with Gasteiger partial charge in [-0.15, -0.1) is 0 Å². The summed E-state index contributed by atoms with van der Waals surface area (Å²) in [5.41, 5.74) is -0.830. The Hall–Kier alpha value is -2.24. The number of carboxylic acids is 1. The normalized spacial score (nSPS) is 15.7. The largest absolute Gasteiger partial charge is 0.493 e. The first-order valence-corrected chi connectivity index (χ1v) is 7.33. The van der Waals surface area contributed by atoms with Crippen molar-refractivity contribution >= 4 is 11.9 Å². The fourth-order valence-electron chi connectivity index (χ4n) is 2.76. The topological polar surface area (TPSA) is 82.1 Å². The molecule has 0 saturated heterocycles. The maximum atomic E-state index is 12.5. The van der Waals surface area contributed by atoms with Gasteiger partial charge in [0.05, 0.1) is 14.2 Å². The smallest absolute Gasteiger partial charge is 0.324 e. The van der Waals surface area contributed by atoms with E-state index >= 15 is 0 Å². The van der Waals surface area contributed by atoms with E-state index in [-0.39, 0.29) is 12.8 Å². The second-order valence-corrected chi connectivity index (χ2v) is 6.72. The maximum Gasteiger partial charge on any atom is 0.324 e. The molecule has 126 valence electrons. The molecule has 0 heterocycles. The molecule has 0 bridgehead atoms. The minimum atomic E-state index is -1.60. The molecule has 0 atom stereocenters. The van der Waals surface area contributed by atoms with Crippen molar-refractivity contribution in [2.24, 2.45) is 5.41 Å². The van der Waals surface area contributed by atoms with E-state index in [1.807, 2.05) is 0 Å². The van der Waals surface area contributed by atoms with Gasteiger partial charge in [0, 0.05) is 0 Å². The van der Waals surface area contributed by atoms with Crippen molar-refractivity contribution in [1.29, 1.82) is 0 Å². The highest BCUT2D eigenvalue weighted by molar-refractivity contribution is 6.01. The number of methoxy groups -OCH3 is 2. The van der Waals surface area contributed by atoms with E-state index in [0.29, 0.717) is 11.5 Å². The Bertz CT molecular complexity index is 608. The van der Waals surface area contributed by atoms with E-state index in [1.165, 1.54) is 14.2 Å². The lowest BCUT2D eigenvalue weighted by molar-refractivity contribution is -0.176. The number of hydrogen-bond donors (Lipinski definition) is 1. The summed E-state index contributed by atoms with van der Waals surface area (Å²) < 4.78 is 15.8. The molecule has 0 saturated carbocycles. The van der Waals surface area contributed by atoms with Crippen molar-refractivity contribution in [1.82, 2.24) is 0 Å². The zero-order valence-electron chi connectivity index (χ0n) is 14.1. The van der Waals surface area contributed by atoms with Gasteiger partial charge in [0.2, 0.25) is 0 Å². The van der Waals surface area contributed by atoms with Crippen molar-refractivity contribution in [3.63, 3.8) is 0 Å². The van der Waals surface area contributed by atoms with Crippen molar-refractivity contribution in [3.8, 4) is 11.5 Å². The zero-order chi connectivity index (χ0) is 17.4. The fraction of sp³-hybridized carbons (Fsp3) is 0.529. The van der Waals surface area contributed by atoms with Gasteiger partial charge in [-0.1, -0.05) is 0 Å². The molecule has 1 aliphatic rings. The van der Waals surface area contributed by atoms with Crippen LogP contribution in [0.5, 0.6) is 11.5 Å². The van der Waals surface area contributed by atoms with Crippen LogP contribution in [0.1, 0.15) is 31.9 Å². The van der Waals surface area contributed by atoms with E-state index in [9.17, 15) is 14.7 Å². The first-order chi connectivity index (χ1) is 10.6. The van der Waals surface area contributed by atoms with Crippen LogP contribution in [0.4, 0.5) is 0 Å². The number of esters is 1. The number of carboxylic acid groups (broad SMARTS) is 1. The lowest BCUT2D eigenvalue weighted by Crippen LogP contribution is -2.44. The van der Waals surface area contributed by atoms with Gasteiger partial charge in [-0.05, 0) is 56.9 Å². The number of carbonyl (C=O) groups excluding carboxylic acids is 1. The molecule has 0 unspecified atom stereocenters. The van der Waals surface area contributed by atoms with Crippen LogP contribution >= 0.6 is 0 Å². The highest BCUT2D eigenvalue weighted by atomic mass is 16.6. The molecule has 2 rings (SSSR count). The number of benzene rings is 1. The monoisotopic (exact) mass is 322 g/mol. The summed E-state index contributed by atoms with van der Waals surface area (Å²) in [4.78, 5) is 24.4. The van der Waals surface area contributed by atoms with Crippen molar-refractivity contribution in [3.05, 3.63) is 23.3 Å². The Morgan fingerprint density at radius 1 is 1.04 bits per heavy atom. The molecule has 0 amide bonds. The summed E-state index contributed by atoms with van der Waals surface area (Å²) in [5, 5.41) is 9.69. The molecule has 0 radical (unpaired) electrons. The minimum Gasteiger partial charge on any atom is -0.493 e. The minimum absolute atomic E-state index is 0.0763. The molecule has 0 aromatic heterocycles. The molecule has 6 nitrogen and oxygen atoms in total. The molecule has 23 heavy (non-hydrogen) atoms. The lowest BCUT2D eigenvalue weighted by atomic mass is 9.84. The Morgan fingerprint density at radius 2 is 1.48 bits per heavy atom. The first kappa shape index (κ1) is 17.1. The average molecular weight is 322 g/mol. The number of hydrogen-bond acceptors (Lipinski definition) is 5. The summed E-state index contributed by atoms with van der Waals surface area (Å²) in [6.45, 7) is 5.15. The summed E-state index contributed by atoms with van der Waals surface area (Å²) in [6, 6.07) is 3.45. The van der Waals surface area contributed by atoms with Crippen molar-refractivity contribution in [2.45, 2.75) is 39.2 Å². The van der Waals surface area contributed by atoms with Crippen LogP contribution in [0, 0.1) is 5.41 Å². The summed E-state index contributed by atoms with van der Waals surface area (Å²) in [5.74, 6) is -0.874. The second-order valence-electron chi connectivity index (χ2n) is 6.72. The van der Waals surface area contributed by atoms with E-state index < -0.39 is 23.0 Å².